The number of nitrogens with zero attached hydrogens (tertiary/aromatic N) is 2. The van der Waals surface area contributed by atoms with E-state index in [1.807, 2.05) is 83.1 Å². The number of thiophene rings is 1. The molecule has 8 heteroatoms. The smallest absolute Gasteiger partial charge is 0.254 e. The zero-order valence-electron chi connectivity index (χ0n) is 24.7. The van der Waals surface area contributed by atoms with Gasteiger partial charge in [-0.2, -0.15) is 0 Å². The summed E-state index contributed by atoms with van der Waals surface area (Å²) in [5.41, 5.74) is 4.81. The standard InChI is InChI=1S/C34H38N2O5S/c1-25-17-21-42-32(25)23-35(18-16-26-10-15-30(40-3)31(22-26)41-4)33(37)24-36(19-20-39-2)34(38)29-13-11-28(12-14-29)27-8-6-5-7-9-27/h5-15,17,21-22H,16,18-20,23-24H2,1-4H3. The molecule has 0 fully saturated rings. The second kappa shape index (κ2) is 15.2. The Bertz CT molecular complexity index is 1450. The maximum Gasteiger partial charge on any atom is 0.254 e. The number of carbonyl (C=O) groups is 2. The van der Waals surface area contributed by atoms with Gasteiger partial charge in [0.05, 0.1) is 27.4 Å². The summed E-state index contributed by atoms with van der Waals surface area (Å²) in [4.78, 5) is 32.0. The van der Waals surface area contributed by atoms with E-state index in [1.54, 1.807) is 37.6 Å². The van der Waals surface area contributed by atoms with Gasteiger partial charge in [-0.05, 0) is 71.3 Å². The number of rotatable bonds is 14. The van der Waals surface area contributed by atoms with Crippen molar-refractivity contribution in [3.8, 4) is 22.6 Å². The monoisotopic (exact) mass is 586 g/mol. The number of methoxy groups -OCH3 is 3. The van der Waals surface area contributed by atoms with Crippen LogP contribution >= 0.6 is 11.3 Å². The molecule has 0 aliphatic heterocycles. The van der Waals surface area contributed by atoms with E-state index in [2.05, 4.69) is 13.0 Å². The molecule has 0 unspecified atom stereocenters. The lowest BCUT2D eigenvalue weighted by Gasteiger charge is -2.28. The van der Waals surface area contributed by atoms with Gasteiger partial charge in [0.1, 0.15) is 6.54 Å². The molecule has 0 atom stereocenters. The SMILES string of the molecule is COCCN(CC(=O)N(CCc1ccc(OC)c(OC)c1)Cc1sccc1C)C(=O)c1ccc(-c2ccccc2)cc1. The lowest BCUT2D eigenvalue weighted by atomic mass is 10.0. The van der Waals surface area contributed by atoms with Gasteiger partial charge in [-0.3, -0.25) is 9.59 Å². The molecule has 0 radical (unpaired) electrons. The van der Waals surface area contributed by atoms with Crippen LogP contribution in [0.2, 0.25) is 0 Å². The van der Waals surface area contributed by atoms with Crippen molar-refractivity contribution in [1.82, 2.24) is 9.80 Å². The van der Waals surface area contributed by atoms with E-state index >= 15 is 0 Å². The Morgan fingerprint density at radius 2 is 1.50 bits per heavy atom. The third-order valence-corrected chi connectivity index (χ3v) is 8.20. The van der Waals surface area contributed by atoms with Gasteiger partial charge in [0.2, 0.25) is 5.91 Å². The van der Waals surface area contributed by atoms with Crippen LogP contribution in [0.5, 0.6) is 11.5 Å². The number of aryl methyl sites for hydroxylation is 1. The van der Waals surface area contributed by atoms with Crippen LogP contribution in [-0.2, 0) is 22.5 Å². The van der Waals surface area contributed by atoms with Crippen molar-refractivity contribution in [2.45, 2.75) is 19.9 Å². The van der Waals surface area contributed by atoms with Crippen molar-refractivity contribution >= 4 is 23.2 Å². The van der Waals surface area contributed by atoms with Crippen LogP contribution < -0.4 is 9.47 Å². The molecule has 220 valence electrons. The molecule has 4 aromatic rings. The van der Waals surface area contributed by atoms with Gasteiger partial charge in [-0.25, -0.2) is 0 Å². The fourth-order valence-corrected chi connectivity index (χ4v) is 5.59. The van der Waals surface area contributed by atoms with Crippen LogP contribution in [0.25, 0.3) is 11.1 Å². The summed E-state index contributed by atoms with van der Waals surface area (Å²) in [5, 5.41) is 2.04. The predicted octanol–water partition coefficient (Wildman–Crippen LogP) is 6.10. The quantitative estimate of drug-likeness (QED) is 0.179. The Kier molecular flexibility index (Phi) is 11.1. The van der Waals surface area contributed by atoms with E-state index in [4.69, 9.17) is 14.2 Å². The van der Waals surface area contributed by atoms with Crippen LogP contribution in [0.4, 0.5) is 0 Å². The second-order valence-electron chi connectivity index (χ2n) is 9.94. The fourth-order valence-electron chi connectivity index (χ4n) is 4.67. The van der Waals surface area contributed by atoms with Gasteiger partial charge in [0.25, 0.3) is 5.91 Å². The van der Waals surface area contributed by atoms with Crippen LogP contribution in [-0.4, -0.2) is 69.2 Å². The van der Waals surface area contributed by atoms with E-state index in [0.29, 0.717) is 49.7 Å². The van der Waals surface area contributed by atoms with Crippen LogP contribution in [0.15, 0.2) is 84.2 Å². The molecular weight excluding hydrogens is 548 g/mol. The fraction of sp³-hybridized carbons (Fsp3) is 0.294. The van der Waals surface area contributed by atoms with Gasteiger partial charge < -0.3 is 24.0 Å². The van der Waals surface area contributed by atoms with E-state index in [1.165, 1.54) is 0 Å². The van der Waals surface area contributed by atoms with Crippen molar-refractivity contribution in [2.75, 3.05) is 47.6 Å². The Labute approximate surface area is 252 Å². The lowest BCUT2D eigenvalue weighted by Crippen LogP contribution is -2.44. The highest BCUT2D eigenvalue weighted by Crippen LogP contribution is 2.28. The summed E-state index contributed by atoms with van der Waals surface area (Å²) < 4.78 is 16.1. The molecular formula is C34H38N2O5S. The average Bonchev–Trinajstić information content (AvgIpc) is 3.44. The molecule has 0 aliphatic rings. The second-order valence-corrected chi connectivity index (χ2v) is 10.9. The maximum atomic E-state index is 13.8. The summed E-state index contributed by atoms with van der Waals surface area (Å²) in [5.74, 6) is 0.991. The highest BCUT2D eigenvalue weighted by atomic mass is 32.1. The van der Waals surface area contributed by atoms with Gasteiger partial charge in [-0.1, -0.05) is 48.5 Å². The number of benzene rings is 3. The van der Waals surface area contributed by atoms with Crippen LogP contribution in [0.3, 0.4) is 0 Å². The number of ether oxygens (including phenoxy) is 3. The number of hydrogen-bond acceptors (Lipinski definition) is 6. The molecule has 1 aromatic heterocycles. The molecule has 3 aromatic carbocycles. The summed E-state index contributed by atoms with van der Waals surface area (Å²) in [6.07, 6.45) is 0.628. The van der Waals surface area contributed by atoms with Crippen molar-refractivity contribution in [1.29, 1.82) is 0 Å². The minimum Gasteiger partial charge on any atom is -0.493 e. The van der Waals surface area contributed by atoms with E-state index in [0.717, 1.165) is 27.1 Å². The average molecular weight is 587 g/mol. The highest BCUT2D eigenvalue weighted by Gasteiger charge is 2.23. The largest absolute Gasteiger partial charge is 0.493 e. The van der Waals surface area contributed by atoms with Gasteiger partial charge in [0.15, 0.2) is 11.5 Å². The van der Waals surface area contributed by atoms with Crippen molar-refractivity contribution in [3.05, 3.63) is 106 Å². The maximum absolute atomic E-state index is 13.8. The molecule has 0 bridgehead atoms. The number of amides is 2. The number of carbonyl (C=O) groups excluding carboxylic acids is 2. The topological polar surface area (TPSA) is 68.3 Å². The summed E-state index contributed by atoms with van der Waals surface area (Å²) in [6, 6.07) is 25.4. The van der Waals surface area contributed by atoms with Crippen LogP contribution in [0, 0.1) is 6.92 Å². The van der Waals surface area contributed by atoms with E-state index in [-0.39, 0.29) is 18.4 Å². The zero-order chi connectivity index (χ0) is 29.9. The molecule has 4 rings (SSSR count). The zero-order valence-corrected chi connectivity index (χ0v) is 25.5. The first kappa shape index (κ1) is 30.8. The van der Waals surface area contributed by atoms with E-state index in [9.17, 15) is 9.59 Å². The van der Waals surface area contributed by atoms with Crippen molar-refractivity contribution < 1.29 is 23.8 Å². The Hall–Kier alpha value is -4.14. The Morgan fingerprint density at radius 1 is 0.786 bits per heavy atom. The molecule has 42 heavy (non-hydrogen) atoms. The molecule has 0 saturated carbocycles. The van der Waals surface area contributed by atoms with Crippen LogP contribution in [0.1, 0.15) is 26.4 Å². The normalized spacial score (nSPS) is 10.8. The summed E-state index contributed by atoms with van der Waals surface area (Å²) in [7, 11) is 4.81. The summed E-state index contributed by atoms with van der Waals surface area (Å²) >= 11 is 1.63. The Balaban J connectivity index is 1.51. The first-order valence-electron chi connectivity index (χ1n) is 13.9. The molecule has 1 heterocycles. The molecule has 7 nitrogen and oxygen atoms in total. The van der Waals surface area contributed by atoms with Gasteiger partial charge >= 0.3 is 0 Å². The summed E-state index contributed by atoms with van der Waals surface area (Å²) in [6.45, 7) is 3.62. The third-order valence-electron chi connectivity index (χ3n) is 7.19. The third kappa shape index (κ3) is 7.99. The molecule has 0 aliphatic carbocycles. The first-order chi connectivity index (χ1) is 20.4. The van der Waals surface area contributed by atoms with Gasteiger partial charge in [0, 0.05) is 30.6 Å². The molecule has 0 spiro atoms. The van der Waals surface area contributed by atoms with Gasteiger partial charge in [-0.15, -0.1) is 11.3 Å². The molecule has 0 saturated heterocycles. The Morgan fingerprint density at radius 3 is 2.14 bits per heavy atom. The van der Waals surface area contributed by atoms with Crippen molar-refractivity contribution in [3.63, 3.8) is 0 Å². The number of hydrogen-bond donors (Lipinski definition) is 0. The molecule has 2 amide bonds. The minimum atomic E-state index is -0.202. The van der Waals surface area contributed by atoms with Crippen molar-refractivity contribution in [2.24, 2.45) is 0 Å². The van der Waals surface area contributed by atoms with E-state index < -0.39 is 0 Å². The highest BCUT2D eigenvalue weighted by molar-refractivity contribution is 7.10. The minimum absolute atomic E-state index is 0.0427. The predicted molar refractivity (Wildman–Crippen MR) is 167 cm³/mol. The lowest BCUT2D eigenvalue weighted by molar-refractivity contribution is -0.132. The first-order valence-corrected chi connectivity index (χ1v) is 14.8. The molecule has 0 N–H and O–H groups in total.